The van der Waals surface area contributed by atoms with Crippen molar-refractivity contribution in [2.24, 2.45) is 0 Å². The normalized spacial score (nSPS) is 10.6. The van der Waals surface area contributed by atoms with Crippen LogP contribution in [0.1, 0.15) is 19.0 Å². The van der Waals surface area contributed by atoms with E-state index in [9.17, 15) is 9.18 Å². The molecule has 0 radical (unpaired) electrons. The monoisotopic (exact) mass is 340 g/mol. The molecule has 6 heteroatoms. The maximum atomic E-state index is 13.4. The van der Waals surface area contributed by atoms with Crippen LogP contribution in [0.25, 0.3) is 11.4 Å². The van der Waals surface area contributed by atoms with Gasteiger partial charge in [-0.25, -0.2) is 9.37 Å². The number of nitrogens with zero attached hydrogens (tertiary/aromatic N) is 1. The van der Waals surface area contributed by atoms with Gasteiger partial charge in [0.25, 0.3) is 5.56 Å². The number of methoxy groups -OCH3 is 1. The summed E-state index contributed by atoms with van der Waals surface area (Å²) in [6, 6.07) is 4.35. The van der Waals surface area contributed by atoms with E-state index in [2.05, 4.69) is 25.9 Å². The molecular formula is C14H14BrFN2O2. The van der Waals surface area contributed by atoms with Crippen LogP contribution in [0.3, 0.4) is 0 Å². The minimum absolute atomic E-state index is 0.116. The molecule has 0 saturated carbocycles. The molecule has 0 fully saturated rings. The van der Waals surface area contributed by atoms with E-state index in [-0.39, 0.29) is 11.3 Å². The van der Waals surface area contributed by atoms with Crippen LogP contribution >= 0.6 is 15.9 Å². The number of benzene rings is 1. The molecule has 2 rings (SSSR count). The first-order valence-electron chi connectivity index (χ1n) is 6.19. The number of nitrogens with one attached hydrogen (secondary N) is 1. The van der Waals surface area contributed by atoms with Gasteiger partial charge in [0.1, 0.15) is 10.3 Å². The van der Waals surface area contributed by atoms with Gasteiger partial charge in [-0.3, -0.25) is 4.79 Å². The van der Waals surface area contributed by atoms with Gasteiger partial charge >= 0.3 is 0 Å². The van der Waals surface area contributed by atoms with Gasteiger partial charge in [0, 0.05) is 5.56 Å². The fourth-order valence-electron chi connectivity index (χ4n) is 1.85. The largest absolute Gasteiger partial charge is 0.494 e. The molecule has 0 aliphatic rings. The highest BCUT2D eigenvalue weighted by molar-refractivity contribution is 9.10. The van der Waals surface area contributed by atoms with Crippen molar-refractivity contribution in [1.29, 1.82) is 0 Å². The first kappa shape index (κ1) is 14.7. The Morgan fingerprint density at radius 3 is 2.85 bits per heavy atom. The number of halogens is 2. The van der Waals surface area contributed by atoms with Crippen LogP contribution < -0.4 is 10.3 Å². The van der Waals surface area contributed by atoms with Crippen LogP contribution in [0.5, 0.6) is 5.75 Å². The van der Waals surface area contributed by atoms with Crippen LogP contribution in [0.4, 0.5) is 4.39 Å². The predicted octanol–water partition coefficient (Wildman–Crippen LogP) is 3.30. The Bertz CT molecular complexity index is 685. The molecule has 0 spiro atoms. The van der Waals surface area contributed by atoms with Gasteiger partial charge in [-0.2, -0.15) is 0 Å². The second-order valence-electron chi connectivity index (χ2n) is 4.27. The maximum absolute atomic E-state index is 13.4. The fourth-order valence-corrected chi connectivity index (χ4v) is 2.24. The highest BCUT2D eigenvalue weighted by Gasteiger charge is 2.11. The smallest absolute Gasteiger partial charge is 0.265 e. The highest BCUT2D eigenvalue weighted by Crippen LogP contribution is 2.24. The Kier molecular flexibility index (Phi) is 4.54. The van der Waals surface area contributed by atoms with E-state index in [4.69, 9.17) is 4.74 Å². The number of H-pyrrole nitrogens is 1. The predicted molar refractivity (Wildman–Crippen MR) is 78.5 cm³/mol. The number of rotatable bonds is 4. The van der Waals surface area contributed by atoms with Gasteiger partial charge in [0.2, 0.25) is 0 Å². The Morgan fingerprint density at radius 1 is 1.45 bits per heavy atom. The van der Waals surface area contributed by atoms with Crippen LogP contribution in [-0.4, -0.2) is 17.1 Å². The average molecular weight is 341 g/mol. The summed E-state index contributed by atoms with van der Waals surface area (Å²) in [5.74, 6) is 0.0644. The van der Waals surface area contributed by atoms with E-state index in [1.807, 2.05) is 6.92 Å². The Hall–Kier alpha value is -1.69. The zero-order valence-corrected chi connectivity index (χ0v) is 12.8. The SMILES string of the molecule is CCCc1nc(-c2ccc(F)c(OC)c2)[nH]c(=O)c1Br. The number of ether oxygens (including phenoxy) is 1. The molecule has 0 amide bonds. The number of hydrogen-bond donors (Lipinski definition) is 1. The second kappa shape index (κ2) is 6.17. The third kappa shape index (κ3) is 2.90. The van der Waals surface area contributed by atoms with Gasteiger partial charge in [-0.15, -0.1) is 0 Å². The van der Waals surface area contributed by atoms with Crippen molar-refractivity contribution in [3.63, 3.8) is 0 Å². The van der Waals surface area contributed by atoms with Gasteiger partial charge in [-0.1, -0.05) is 13.3 Å². The van der Waals surface area contributed by atoms with Crippen molar-refractivity contribution in [2.45, 2.75) is 19.8 Å². The van der Waals surface area contributed by atoms with Crippen molar-refractivity contribution in [2.75, 3.05) is 7.11 Å². The quantitative estimate of drug-likeness (QED) is 0.928. The van der Waals surface area contributed by atoms with Crippen molar-refractivity contribution in [1.82, 2.24) is 9.97 Å². The van der Waals surface area contributed by atoms with Gasteiger partial charge in [-0.05, 0) is 40.5 Å². The standard InChI is InChI=1S/C14H14BrFN2O2/c1-3-4-10-12(15)14(19)18-13(17-10)8-5-6-9(16)11(7-8)20-2/h5-7H,3-4H2,1-2H3,(H,17,18,19). The first-order chi connectivity index (χ1) is 9.56. The van der Waals surface area contributed by atoms with Crippen molar-refractivity contribution >= 4 is 15.9 Å². The summed E-state index contributed by atoms with van der Waals surface area (Å²) in [6.45, 7) is 2.01. The van der Waals surface area contributed by atoms with E-state index >= 15 is 0 Å². The highest BCUT2D eigenvalue weighted by atomic mass is 79.9. The van der Waals surface area contributed by atoms with Crippen molar-refractivity contribution in [3.05, 3.63) is 44.5 Å². The molecule has 1 aromatic heterocycles. The van der Waals surface area contributed by atoms with Crippen LogP contribution in [0.15, 0.2) is 27.5 Å². The minimum Gasteiger partial charge on any atom is -0.494 e. The molecule has 0 saturated heterocycles. The summed E-state index contributed by atoms with van der Waals surface area (Å²) in [6.07, 6.45) is 1.57. The van der Waals surface area contributed by atoms with E-state index < -0.39 is 5.82 Å². The number of hydrogen-bond acceptors (Lipinski definition) is 3. The zero-order valence-electron chi connectivity index (χ0n) is 11.2. The lowest BCUT2D eigenvalue weighted by atomic mass is 10.1. The van der Waals surface area contributed by atoms with E-state index in [0.29, 0.717) is 28.0 Å². The minimum atomic E-state index is -0.454. The van der Waals surface area contributed by atoms with Crippen molar-refractivity contribution in [3.8, 4) is 17.1 Å². The number of aryl methyl sites for hydroxylation is 1. The third-order valence-corrected chi connectivity index (χ3v) is 3.66. The van der Waals surface area contributed by atoms with E-state index in [1.54, 1.807) is 6.07 Å². The summed E-state index contributed by atoms with van der Waals surface area (Å²) in [7, 11) is 1.39. The molecule has 106 valence electrons. The Morgan fingerprint density at radius 2 is 2.20 bits per heavy atom. The summed E-state index contributed by atoms with van der Waals surface area (Å²) in [5.41, 5.74) is 1.04. The molecule has 0 atom stereocenters. The summed E-state index contributed by atoms with van der Waals surface area (Å²) in [5, 5.41) is 0. The van der Waals surface area contributed by atoms with Crippen LogP contribution in [0, 0.1) is 5.82 Å². The van der Waals surface area contributed by atoms with E-state index in [1.165, 1.54) is 19.2 Å². The summed E-state index contributed by atoms with van der Waals surface area (Å²) >= 11 is 3.24. The molecule has 0 bridgehead atoms. The maximum Gasteiger partial charge on any atom is 0.265 e. The topological polar surface area (TPSA) is 55.0 Å². The Labute approximate surface area is 124 Å². The molecule has 2 aromatic rings. The number of aromatic nitrogens is 2. The third-order valence-electron chi connectivity index (χ3n) is 2.84. The molecule has 4 nitrogen and oxygen atoms in total. The molecular weight excluding hydrogens is 327 g/mol. The average Bonchev–Trinajstić information content (AvgIpc) is 2.44. The molecule has 1 N–H and O–H groups in total. The lowest BCUT2D eigenvalue weighted by Gasteiger charge is -2.08. The van der Waals surface area contributed by atoms with Crippen LogP contribution in [0.2, 0.25) is 0 Å². The molecule has 1 aromatic carbocycles. The molecule has 0 unspecified atom stereocenters. The first-order valence-corrected chi connectivity index (χ1v) is 6.98. The van der Waals surface area contributed by atoms with Gasteiger partial charge in [0.15, 0.2) is 11.6 Å². The fraction of sp³-hybridized carbons (Fsp3) is 0.286. The lowest BCUT2D eigenvalue weighted by molar-refractivity contribution is 0.386. The number of aromatic amines is 1. The Balaban J connectivity index is 2.55. The molecule has 0 aliphatic heterocycles. The van der Waals surface area contributed by atoms with Crippen molar-refractivity contribution < 1.29 is 9.13 Å². The second-order valence-corrected chi connectivity index (χ2v) is 5.07. The zero-order chi connectivity index (χ0) is 14.7. The van der Waals surface area contributed by atoms with Gasteiger partial charge in [0.05, 0.1) is 12.8 Å². The molecule has 0 aliphatic carbocycles. The summed E-state index contributed by atoms with van der Waals surface area (Å²) in [4.78, 5) is 19.0. The summed E-state index contributed by atoms with van der Waals surface area (Å²) < 4.78 is 18.8. The molecule has 20 heavy (non-hydrogen) atoms. The van der Waals surface area contributed by atoms with Gasteiger partial charge < -0.3 is 9.72 Å². The van der Waals surface area contributed by atoms with E-state index in [0.717, 1.165) is 6.42 Å². The lowest BCUT2D eigenvalue weighted by Crippen LogP contribution is -2.13. The van der Waals surface area contributed by atoms with Crippen LogP contribution in [-0.2, 0) is 6.42 Å². The molecule has 1 heterocycles.